The minimum Gasteiger partial charge on any atom is -0.340 e. The number of amides is 1. The second-order valence-corrected chi connectivity index (χ2v) is 8.10. The first-order chi connectivity index (χ1) is 12.2. The number of piperazine rings is 1. The monoisotopic (exact) mass is 344 g/mol. The molecule has 1 amide bonds. The van der Waals surface area contributed by atoms with Gasteiger partial charge in [-0.2, -0.15) is 0 Å². The molecule has 2 unspecified atom stereocenters. The van der Waals surface area contributed by atoms with Crippen molar-refractivity contribution in [1.82, 2.24) is 9.80 Å². The average Bonchev–Trinajstić information content (AvgIpc) is 3.44. The summed E-state index contributed by atoms with van der Waals surface area (Å²) < 4.78 is 13.9. The maximum absolute atomic E-state index is 13.9. The molecule has 1 aromatic carbocycles. The molecule has 3 aliphatic rings. The van der Waals surface area contributed by atoms with Crippen LogP contribution in [0.5, 0.6) is 0 Å². The van der Waals surface area contributed by atoms with E-state index in [1.807, 2.05) is 17.0 Å². The van der Waals surface area contributed by atoms with Crippen LogP contribution >= 0.6 is 0 Å². The lowest BCUT2D eigenvalue weighted by molar-refractivity contribution is -0.134. The van der Waals surface area contributed by atoms with Crippen molar-refractivity contribution in [1.29, 1.82) is 0 Å². The minimum absolute atomic E-state index is 0.00166. The highest BCUT2D eigenvalue weighted by atomic mass is 19.1. The first-order valence-corrected chi connectivity index (χ1v) is 9.98. The van der Waals surface area contributed by atoms with Crippen molar-refractivity contribution in [2.24, 2.45) is 11.8 Å². The molecule has 0 bridgehead atoms. The van der Waals surface area contributed by atoms with Crippen LogP contribution in [0, 0.1) is 17.7 Å². The molecule has 1 aliphatic heterocycles. The molecule has 1 saturated heterocycles. The van der Waals surface area contributed by atoms with Gasteiger partial charge in [-0.3, -0.25) is 9.69 Å². The summed E-state index contributed by atoms with van der Waals surface area (Å²) in [6.07, 6.45) is 7.76. The number of halogens is 1. The number of rotatable bonds is 4. The van der Waals surface area contributed by atoms with Crippen LogP contribution in [-0.4, -0.2) is 48.4 Å². The van der Waals surface area contributed by atoms with Gasteiger partial charge in [0.05, 0.1) is 0 Å². The predicted octanol–water partition coefficient (Wildman–Crippen LogP) is 3.65. The third-order valence-electron chi connectivity index (χ3n) is 6.34. The van der Waals surface area contributed by atoms with E-state index in [2.05, 4.69) is 4.90 Å². The second kappa shape index (κ2) is 7.45. The van der Waals surface area contributed by atoms with Gasteiger partial charge in [0.1, 0.15) is 5.82 Å². The van der Waals surface area contributed by atoms with Crippen molar-refractivity contribution in [2.75, 3.05) is 32.7 Å². The van der Waals surface area contributed by atoms with Crippen LogP contribution in [0.1, 0.15) is 50.0 Å². The molecule has 2 saturated carbocycles. The quantitative estimate of drug-likeness (QED) is 0.832. The Kier molecular flexibility index (Phi) is 5.07. The van der Waals surface area contributed by atoms with Crippen LogP contribution in [0.4, 0.5) is 4.39 Å². The van der Waals surface area contributed by atoms with Crippen molar-refractivity contribution >= 4 is 5.91 Å². The SMILES string of the molecule is O=C(C1CC1c1ccccc1F)N1CCN(CC2CCCCC2)CC1. The topological polar surface area (TPSA) is 23.6 Å². The van der Waals surface area contributed by atoms with E-state index in [1.54, 1.807) is 6.07 Å². The number of hydrogen-bond acceptors (Lipinski definition) is 2. The molecule has 2 aliphatic carbocycles. The molecule has 3 nitrogen and oxygen atoms in total. The number of benzene rings is 1. The fraction of sp³-hybridized carbons (Fsp3) is 0.667. The molecule has 0 aromatic heterocycles. The number of hydrogen-bond donors (Lipinski definition) is 0. The van der Waals surface area contributed by atoms with Gasteiger partial charge in [0.15, 0.2) is 0 Å². The van der Waals surface area contributed by atoms with Gasteiger partial charge in [-0.05, 0) is 42.7 Å². The van der Waals surface area contributed by atoms with Gasteiger partial charge in [0, 0.05) is 38.6 Å². The number of carbonyl (C=O) groups excluding carboxylic acids is 1. The Hall–Kier alpha value is -1.42. The zero-order valence-electron chi connectivity index (χ0n) is 15.0. The highest BCUT2D eigenvalue weighted by Gasteiger charge is 2.47. The third kappa shape index (κ3) is 3.89. The number of nitrogens with zero attached hydrogens (tertiary/aromatic N) is 2. The van der Waals surface area contributed by atoms with Gasteiger partial charge in [-0.1, -0.05) is 37.5 Å². The maximum atomic E-state index is 13.9. The lowest BCUT2D eigenvalue weighted by atomic mass is 9.89. The van der Waals surface area contributed by atoms with E-state index in [-0.39, 0.29) is 23.6 Å². The first-order valence-electron chi connectivity index (χ1n) is 9.98. The highest BCUT2D eigenvalue weighted by molar-refractivity contribution is 5.83. The first kappa shape index (κ1) is 17.0. The Morgan fingerprint density at radius 1 is 1.04 bits per heavy atom. The summed E-state index contributed by atoms with van der Waals surface area (Å²) in [7, 11) is 0. The Morgan fingerprint density at radius 3 is 2.48 bits per heavy atom. The molecule has 0 radical (unpaired) electrons. The molecule has 0 N–H and O–H groups in total. The van der Waals surface area contributed by atoms with Gasteiger partial charge in [-0.25, -0.2) is 4.39 Å². The summed E-state index contributed by atoms with van der Waals surface area (Å²) in [6, 6.07) is 6.90. The van der Waals surface area contributed by atoms with Crippen LogP contribution in [-0.2, 0) is 4.79 Å². The van der Waals surface area contributed by atoms with Gasteiger partial charge in [-0.15, -0.1) is 0 Å². The molecule has 0 spiro atoms. The molecule has 4 rings (SSSR count). The van der Waals surface area contributed by atoms with Crippen molar-refractivity contribution in [3.8, 4) is 0 Å². The van der Waals surface area contributed by atoms with Crippen LogP contribution < -0.4 is 0 Å². The number of carbonyl (C=O) groups is 1. The van der Waals surface area contributed by atoms with E-state index in [0.29, 0.717) is 0 Å². The summed E-state index contributed by atoms with van der Waals surface area (Å²) in [5.41, 5.74) is 0.719. The standard InChI is InChI=1S/C21H29FN2O/c22-20-9-5-4-8-17(20)18-14-19(18)21(25)24-12-10-23(11-13-24)15-16-6-2-1-3-7-16/h4-5,8-9,16,18-19H,1-3,6-7,10-15H2. The van der Waals surface area contributed by atoms with Crippen molar-refractivity contribution in [2.45, 2.75) is 44.4 Å². The fourth-order valence-electron chi connectivity index (χ4n) is 4.71. The molecule has 4 heteroatoms. The van der Waals surface area contributed by atoms with Gasteiger partial charge in [0.25, 0.3) is 0 Å². The molecule has 3 fully saturated rings. The van der Waals surface area contributed by atoms with E-state index in [0.717, 1.165) is 44.1 Å². The Morgan fingerprint density at radius 2 is 1.76 bits per heavy atom. The van der Waals surface area contributed by atoms with E-state index in [9.17, 15) is 9.18 Å². The molecular formula is C21H29FN2O. The molecule has 2 atom stereocenters. The lowest BCUT2D eigenvalue weighted by Crippen LogP contribution is -2.50. The molecule has 1 heterocycles. The minimum atomic E-state index is -0.167. The largest absolute Gasteiger partial charge is 0.340 e. The van der Waals surface area contributed by atoms with Crippen LogP contribution in [0.2, 0.25) is 0 Å². The summed E-state index contributed by atoms with van der Waals surface area (Å²) in [5, 5.41) is 0. The maximum Gasteiger partial charge on any atom is 0.226 e. The van der Waals surface area contributed by atoms with Crippen molar-refractivity contribution in [3.63, 3.8) is 0 Å². The Bertz CT molecular complexity index is 606. The van der Waals surface area contributed by atoms with E-state index in [1.165, 1.54) is 44.7 Å². The molecule has 136 valence electrons. The smallest absolute Gasteiger partial charge is 0.226 e. The Balaban J connectivity index is 1.25. The second-order valence-electron chi connectivity index (χ2n) is 8.10. The van der Waals surface area contributed by atoms with Gasteiger partial charge in [0.2, 0.25) is 5.91 Å². The van der Waals surface area contributed by atoms with Crippen molar-refractivity contribution < 1.29 is 9.18 Å². The summed E-state index contributed by atoms with van der Waals surface area (Å²) in [5.74, 6) is 1.03. The van der Waals surface area contributed by atoms with E-state index < -0.39 is 0 Å². The average molecular weight is 344 g/mol. The lowest BCUT2D eigenvalue weighted by Gasteiger charge is -2.37. The van der Waals surface area contributed by atoms with Gasteiger partial charge >= 0.3 is 0 Å². The van der Waals surface area contributed by atoms with Crippen molar-refractivity contribution in [3.05, 3.63) is 35.6 Å². The van der Waals surface area contributed by atoms with E-state index >= 15 is 0 Å². The summed E-state index contributed by atoms with van der Waals surface area (Å²) >= 11 is 0. The highest BCUT2D eigenvalue weighted by Crippen LogP contribution is 2.49. The molecule has 25 heavy (non-hydrogen) atoms. The molecule has 1 aromatic rings. The normalized spacial score (nSPS) is 28.1. The molecular weight excluding hydrogens is 315 g/mol. The zero-order valence-corrected chi connectivity index (χ0v) is 15.0. The third-order valence-corrected chi connectivity index (χ3v) is 6.34. The summed E-state index contributed by atoms with van der Waals surface area (Å²) in [6.45, 7) is 4.89. The van der Waals surface area contributed by atoms with Crippen LogP contribution in [0.15, 0.2) is 24.3 Å². The zero-order chi connectivity index (χ0) is 17.2. The fourth-order valence-corrected chi connectivity index (χ4v) is 4.71. The summed E-state index contributed by atoms with van der Waals surface area (Å²) in [4.78, 5) is 17.3. The van der Waals surface area contributed by atoms with Crippen LogP contribution in [0.25, 0.3) is 0 Å². The Labute approximate surface area is 150 Å². The van der Waals surface area contributed by atoms with Crippen LogP contribution in [0.3, 0.4) is 0 Å². The van der Waals surface area contributed by atoms with Gasteiger partial charge < -0.3 is 4.90 Å². The predicted molar refractivity (Wildman–Crippen MR) is 96.8 cm³/mol. The van der Waals surface area contributed by atoms with E-state index in [4.69, 9.17) is 0 Å².